The van der Waals surface area contributed by atoms with E-state index in [1.165, 1.54) is 6.20 Å². The fourth-order valence-electron chi connectivity index (χ4n) is 3.48. The summed E-state index contributed by atoms with van der Waals surface area (Å²) in [5.41, 5.74) is 1.36. The van der Waals surface area contributed by atoms with Crippen LogP contribution in [-0.4, -0.2) is 57.5 Å². The van der Waals surface area contributed by atoms with Gasteiger partial charge in [-0.1, -0.05) is 12.1 Å². The van der Waals surface area contributed by atoms with Crippen LogP contribution in [-0.2, 0) is 11.2 Å². The number of H-pyrrole nitrogens is 1. The van der Waals surface area contributed by atoms with Crippen LogP contribution in [0.25, 0.3) is 10.9 Å². The van der Waals surface area contributed by atoms with Crippen molar-refractivity contribution in [3.05, 3.63) is 52.4 Å². The zero-order valence-corrected chi connectivity index (χ0v) is 21.2. The van der Waals surface area contributed by atoms with Crippen LogP contribution in [0.1, 0.15) is 39.2 Å². The molecule has 0 saturated carbocycles. The fourth-order valence-corrected chi connectivity index (χ4v) is 3.48. The minimum atomic E-state index is -1.04. The molecule has 2 heterocycles. The average molecular weight is 512 g/mol. The van der Waals surface area contributed by atoms with Crippen molar-refractivity contribution < 1.29 is 19.4 Å². The number of ether oxygens (including phenoxy) is 1. The van der Waals surface area contributed by atoms with Crippen molar-refractivity contribution in [2.75, 3.05) is 30.3 Å². The van der Waals surface area contributed by atoms with Gasteiger partial charge < -0.3 is 36.1 Å². The highest BCUT2D eigenvalue weighted by Crippen LogP contribution is 2.23. The largest absolute Gasteiger partial charge is 0.465 e. The Balaban J connectivity index is 1.67. The van der Waals surface area contributed by atoms with E-state index in [1.54, 1.807) is 26.8 Å². The van der Waals surface area contributed by atoms with Gasteiger partial charge in [-0.05, 0) is 63.8 Å². The predicted molar refractivity (Wildman–Crippen MR) is 142 cm³/mol. The van der Waals surface area contributed by atoms with Gasteiger partial charge in [-0.2, -0.15) is 4.98 Å². The van der Waals surface area contributed by atoms with Crippen LogP contribution in [0.2, 0.25) is 0 Å². The van der Waals surface area contributed by atoms with Crippen LogP contribution >= 0.6 is 0 Å². The number of nitrogens with one attached hydrogen (secondary N) is 5. The predicted octanol–water partition coefficient (Wildman–Crippen LogP) is 3.59. The van der Waals surface area contributed by atoms with Crippen LogP contribution in [0, 0.1) is 0 Å². The SMILES string of the molecule is CC(C)(C)OC(=O)NCCCNc1nc(Nc2cccc(CCCNC(=O)O)c2)c2c(=O)[nH]ccc2n1. The molecule has 198 valence electrons. The molecule has 12 nitrogen and oxygen atoms in total. The van der Waals surface area contributed by atoms with E-state index in [0.717, 1.165) is 11.3 Å². The Kier molecular flexibility index (Phi) is 9.25. The molecule has 0 atom stereocenters. The van der Waals surface area contributed by atoms with Gasteiger partial charge in [0.05, 0.1) is 5.52 Å². The quantitative estimate of drug-likeness (QED) is 0.211. The number of nitrogens with zero attached hydrogens (tertiary/aromatic N) is 2. The molecule has 6 N–H and O–H groups in total. The summed E-state index contributed by atoms with van der Waals surface area (Å²) in [6.45, 7) is 6.67. The average Bonchev–Trinajstić information content (AvgIpc) is 2.80. The second-order valence-electron chi connectivity index (χ2n) is 9.33. The highest BCUT2D eigenvalue weighted by molar-refractivity contribution is 5.90. The minimum absolute atomic E-state index is 0.316. The molecular formula is C25H33N7O5. The number of rotatable bonds is 11. The molecule has 37 heavy (non-hydrogen) atoms. The van der Waals surface area contributed by atoms with E-state index in [2.05, 4.69) is 36.2 Å². The molecule has 0 aliphatic heterocycles. The Morgan fingerprint density at radius 2 is 1.84 bits per heavy atom. The van der Waals surface area contributed by atoms with Gasteiger partial charge in [0.15, 0.2) is 0 Å². The van der Waals surface area contributed by atoms with E-state index in [4.69, 9.17) is 9.84 Å². The number of alkyl carbamates (subject to hydrolysis) is 1. The van der Waals surface area contributed by atoms with E-state index < -0.39 is 17.8 Å². The van der Waals surface area contributed by atoms with Crippen molar-refractivity contribution >= 4 is 40.5 Å². The second-order valence-corrected chi connectivity index (χ2v) is 9.33. The molecule has 12 heteroatoms. The topological polar surface area (TPSA) is 170 Å². The first-order valence-electron chi connectivity index (χ1n) is 12.0. The Bertz CT molecular complexity index is 1290. The van der Waals surface area contributed by atoms with Crippen LogP contribution in [0.5, 0.6) is 0 Å². The summed E-state index contributed by atoms with van der Waals surface area (Å²) in [5.74, 6) is 0.694. The third-order valence-corrected chi connectivity index (χ3v) is 5.03. The number of hydrogen-bond donors (Lipinski definition) is 6. The maximum Gasteiger partial charge on any atom is 0.407 e. The van der Waals surface area contributed by atoms with Crippen molar-refractivity contribution in [3.8, 4) is 0 Å². The molecule has 0 fully saturated rings. The molecule has 0 aliphatic carbocycles. The van der Waals surface area contributed by atoms with Gasteiger partial charge in [0.2, 0.25) is 5.95 Å². The Hall–Kier alpha value is -4.35. The fraction of sp³-hybridized carbons (Fsp3) is 0.400. The molecule has 0 aliphatic rings. The first-order valence-corrected chi connectivity index (χ1v) is 12.0. The van der Waals surface area contributed by atoms with Crippen molar-refractivity contribution in [3.63, 3.8) is 0 Å². The molecule has 2 aromatic heterocycles. The van der Waals surface area contributed by atoms with Gasteiger partial charge in [-0.15, -0.1) is 0 Å². The number of aromatic nitrogens is 3. The highest BCUT2D eigenvalue weighted by Gasteiger charge is 2.15. The van der Waals surface area contributed by atoms with Crippen molar-refractivity contribution in [2.45, 2.75) is 45.6 Å². The summed E-state index contributed by atoms with van der Waals surface area (Å²) >= 11 is 0. The number of aromatic amines is 1. The molecular weight excluding hydrogens is 478 g/mol. The van der Waals surface area contributed by atoms with Gasteiger partial charge in [-0.25, -0.2) is 14.6 Å². The molecule has 1 aromatic carbocycles. The number of carbonyl (C=O) groups excluding carboxylic acids is 1. The molecule has 0 bridgehead atoms. The molecule has 0 radical (unpaired) electrons. The van der Waals surface area contributed by atoms with Gasteiger partial charge in [0.1, 0.15) is 16.8 Å². The van der Waals surface area contributed by atoms with E-state index in [0.29, 0.717) is 61.6 Å². The lowest BCUT2D eigenvalue weighted by atomic mass is 10.1. The van der Waals surface area contributed by atoms with Crippen molar-refractivity contribution in [1.29, 1.82) is 0 Å². The first kappa shape index (κ1) is 27.2. The van der Waals surface area contributed by atoms with E-state index in [9.17, 15) is 14.4 Å². The van der Waals surface area contributed by atoms with Gasteiger partial charge in [0, 0.05) is 31.5 Å². The van der Waals surface area contributed by atoms with Crippen LogP contribution in [0.15, 0.2) is 41.3 Å². The number of carbonyl (C=O) groups is 2. The lowest BCUT2D eigenvalue weighted by Crippen LogP contribution is -2.33. The zero-order valence-electron chi connectivity index (χ0n) is 21.2. The maximum atomic E-state index is 12.6. The van der Waals surface area contributed by atoms with Gasteiger partial charge in [0.25, 0.3) is 5.56 Å². The van der Waals surface area contributed by atoms with Crippen molar-refractivity contribution in [2.24, 2.45) is 0 Å². The van der Waals surface area contributed by atoms with Gasteiger partial charge in [-0.3, -0.25) is 4.79 Å². The van der Waals surface area contributed by atoms with Crippen LogP contribution in [0.3, 0.4) is 0 Å². The third-order valence-electron chi connectivity index (χ3n) is 5.03. The third kappa shape index (κ3) is 8.98. The zero-order chi connectivity index (χ0) is 26.8. The second kappa shape index (κ2) is 12.6. The number of anilines is 3. The lowest BCUT2D eigenvalue weighted by Gasteiger charge is -2.19. The van der Waals surface area contributed by atoms with Crippen LogP contribution in [0.4, 0.5) is 27.0 Å². The molecule has 0 unspecified atom stereocenters. The number of fused-ring (bicyclic) bond motifs is 1. The smallest absolute Gasteiger partial charge is 0.407 e. The summed E-state index contributed by atoms with van der Waals surface area (Å²) in [6, 6.07) is 9.33. The Morgan fingerprint density at radius 1 is 1.05 bits per heavy atom. The number of aryl methyl sites for hydroxylation is 1. The Morgan fingerprint density at radius 3 is 2.59 bits per heavy atom. The summed E-state index contributed by atoms with van der Waals surface area (Å²) in [5, 5.41) is 20.4. The molecule has 0 saturated heterocycles. The van der Waals surface area contributed by atoms with Gasteiger partial charge >= 0.3 is 12.2 Å². The van der Waals surface area contributed by atoms with Crippen LogP contribution < -0.4 is 26.8 Å². The maximum absolute atomic E-state index is 12.6. The first-order chi connectivity index (χ1) is 17.6. The highest BCUT2D eigenvalue weighted by atomic mass is 16.6. The standard InChI is InChI=1S/C25H33N7O5/c1-25(2,3)37-24(36)29-13-6-12-27-22-31-18-10-14-26-21(33)19(18)20(32-22)30-17-9-4-7-16(15-17)8-5-11-28-23(34)35/h4,7,9-10,14-15,28H,5-6,8,11-13H2,1-3H3,(H,26,33)(H,29,36)(H,34,35)(H2,27,30,31,32). The lowest BCUT2D eigenvalue weighted by molar-refractivity contribution is 0.0527. The number of amides is 2. The van der Waals surface area contributed by atoms with E-state index in [-0.39, 0.29) is 5.56 Å². The normalized spacial score (nSPS) is 11.1. The van der Waals surface area contributed by atoms with E-state index >= 15 is 0 Å². The number of pyridine rings is 1. The summed E-state index contributed by atoms with van der Waals surface area (Å²) < 4.78 is 5.22. The monoisotopic (exact) mass is 511 g/mol. The minimum Gasteiger partial charge on any atom is -0.465 e. The number of benzene rings is 1. The van der Waals surface area contributed by atoms with Crippen molar-refractivity contribution in [1.82, 2.24) is 25.6 Å². The summed E-state index contributed by atoms with van der Waals surface area (Å²) in [7, 11) is 0. The number of carboxylic acid groups (broad SMARTS) is 1. The summed E-state index contributed by atoms with van der Waals surface area (Å²) in [4.78, 5) is 46.6. The number of hydrogen-bond acceptors (Lipinski definition) is 8. The molecule has 3 aromatic rings. The molecule has 0 spiro atoms. The summed E-state index contributed by atoms with van der Waals surface area (Å²) in [6.07, 6.45) is 1.97. The molecule has 3 rings (SSSR count). The molecule has 2 amide bonds. The van der Waals surface area contributed by atoms with E-state index in [1.807, 2.05) is 24.3 Å². The Labute approximate surface area is 214 Å².